The summed E-state index contributed by atoms with van der Waals surface area (Å²) in [5.41, 5.74) is 1.33. The smallest absolute Gasteiger partial charge is 0.512 e. The number of ether oxygens (including phenoxy) is 1. The third-order valence-corrected chi connectivity index (χ3v) is 4.50. The van der Waals surface area contributed by atoms with Gasteiger partial charge in [0.05, 0.1) is 11.7 Å². The van der Waals surface area contributed by atoms with Crippen molar-refractivity contribution in [3.63, 3.8) is 0 Å². The number of aromatic nitrogens is 1. The lowest BCUT2D eigenvalue weighted by Gasteiger charge is -2.15. The Morgan fingerprint density at radius 2 is 1.79 bits per heavy atom. The first kappa shape index (κ1) is 24.9. The number of hydrogen-bond acceptors (Lipinski definition) is 7. The Morgan fingerprint density at radius 3 is 2.50 bits per heavy atom. The maximum Gasteiger partial charge on any atom is 0.707 e. The molecule has 0 bridgehead atoms. The van der Waals surface area contributed by atoms with Crippen molar-refractivity contribution in [3.8, 4) is 11.5 Å². The normalized spacial score (nSPS) is 10.7. The minimum Gasteiger partial charge on any atom is -0.512 e. The second kappa shape index (κ2) is 11.4. The maximum absolute atomic E-state index is 13.4. The van der Waals surface area contributed by atoms with Gasteiger partial charge in [-0.1, -0.05) is 6.07 Å². The zero-order valence-corrected chi connectivity index (χ0v) is 18.6. The molecule has 0 fully saturated rings. The van der Waals surface area contributed by atoms with E-state index < -0.39 is 24.9 Å². The molecule has 3 rings (SSSR count). The molecule has 0 spiro atoms. The predicted molar refractivity (Wildman–Crippen MR) is 122 cm³/mol. The van der Waals surface area contributed by atoms with Crippen LogP contribution in [0.25, 0.3) is 0 Å². The average Bonchev–Trinajstić information content (AvgIpc) is 2.77. The van der Waals surface area contributed by atoms with E-state index in [0.717, 1.165) is 12.1 Å². The van der Waals surface area contributed by atoms with Crippen LogP contribution in [0.5, 0.6) is 11.5 Å². The van der Waals surface area contributed by atoms with Gasteiger partial charge in [0.1, 0.15) is 17.3 Å². The van der Waals surface area contributed by atoms with E-state index in [4.69, 9.17) is 19.4 Å². The molecule has 2 aromatic carbocycles. The van der Waals surface area contributed by atoms with Crippen molar-refractivity contribution in [3.05, 3.63) is 83.1 Å². The van der Waals surface area contributed by atoms with E-state index in [0.29, 0.717) is 22.7 Å². The van der Waals surface area contributed by atoms with Crippen LogP contribution in [0.2, 0.25) is 0 Å². The number of pyridine rings is 1. The number of nitrogens with zero attached hydrogens (tertiary/aromatic N) is 1. The summed E-state index contributed by atoms with van der Waals surface area (Å²) in [6.07, 6.45) is 1.40. The molecule has 0 aliphatic carbocycles. The zero-order valence-electron chi connectivity index (χ0n) is 18.6. The molecular formula is C23H24BF2N3O5. The quantitative estimate of drug-likeness (QED) is 0.336. The second-order valence-corrected chi connectivity index (χ2v) is 7.61. The Balaban J connectivity index is 1.72. The topological polar surface area (TPSA) is 113 Å². The zero-order chi connectivity index (χ0) is 24.7. The number of nitrogens with one attached hydrogen (secondary N) is 2. The summed E-state index contributed by atoms with van der Waals surface area (Å²) in [6, 6.07) is 11.4. The molecule has 4 N–H and O–H groups in total. The molecule has 3 aromatic rings. The van der Waals surface area contributed by atoms with Crippen LogP contribution in [0, 0.1) is 11.6 Å². The molecule has 34 heavy (non-hydrogen) atoms. The van der Waals surface area contributed by atoms with Gasteiger partial charge in [0.15, 0.2) is 11.6 Å². The van der Waals surface area contributed by atoms with Gasteiger partial charge >= 0.3 is 7.32 Å². The first-order valence-electron chi connectivity index (χ1n) is 10.5. The monoisotopic (exact) mass is 471 g/mol. The second-order valence-electron chi connectivity index (χ2n) is 7.61. The van der Waals surface area contributed by atoms with Crippen LogP contribution < -0.4 is 20.0 Å². The summed E-state index contributed by atoms with van der Waals surface area (Å²) in [5.74, 6) is -1.45. The van der Waals surface area contributed by atoms with Gasteiger partial charge in [-0.3, -0.25) is 4.79 Å². The number of amides is 1. The summed E-state index contributed by atoms with van der Waals surface area (Å²) in [7, 11) is -1.99. The van der Waals surface area contributed by atoms with E-state index in [1.807, 2.05) is 13.8 Å². The fourth-order valence-corrected chi connectivity index (χ4v) is 3.11. The molecule has 1 heterocycles. The number of halogens is 2. The highest BCUT2D eigenvalue weighted by atomic mass is 19.2. The summed E-state index contributed by atoms with van der Waals surface area (Å²) in [5, 5.41) is 24.0. The number of carbonyl (C=O) groups is 1. The van der Waals surface area contributed by atoms with Crippen molar-refractivity contribution >= 4 is 19.0 Å². The molecule has 0 atom stereocenters. The van der Waals surface area contributed by atoms with Crippen LogP contribution in [0.1, 0.15) is 35.3 Å². The molecule has 0 radical (unpaired) electrons. The molecule has 0 saturated heterocycles. The third-order valence-electron chi connectivity index (χ3n) is 4.50. The predicted octanol–water partition coefficient (Wildman–Crippen LogP) is 3.04. The molecule has 0 saturated carbocycles. The van der Waals surface area contributed by atoms with Crippen molar-refractivity contribution in [2.45, 2.75) is 33.0 Å². The van der Waals surface area contributed by atoms with Gasteiger partial charge in [-0.05, 0) is 61.4 Å². The van der Waals surface area contributed by atoms with Crippen molar-refractivity contribution < 1.29 is 33.0 Å². The van der Waals surface area contributed by atoms with E-state index in [1.165, 1.54) is 18.3 Å². The van der Waals surface area contributed by atoms with Crippen molar-refractivity contribution in [1.82, 2.24) is 10.3 Å². The number of rotatable bonds is 10. The molecule has 8 nitrogen and oxygen atoms in total. The molecule has 1 amide bonds. The van der Waals surface area contributed by atoms with Gasteiger partial charge < -0.3 is 30.1 Å². The van der Waals surface area contributed by atoms with Gasteiger partial charge in [-0.2, -0.15) is 0 Å². The van der Waals surface area contributed by atoms with Gasteiger partial charge in [0.25, 0.3) is 5.91 Å². The molecule has 178 valence electrons. The van der Waals surface area contributed by atoms with E-state index in [1.54, 1.807) is 24.3 Å². The molecule has 0 unspecified atom stereocenters. The molecular weight excluding hydrogens is 447 g/mol. The molecule has 0 aliphatic rings. The number of benzene rings is 2. The highest BCUT2D eigenvalue weighted by molar-refractivity contribution is 6.33. The Labute approximate surface area is 195 Å². The Hall–Kier alpha value is -3.70. The van der Waals surface area contributed by atoms with Crippen molar-refractivity contribution in [2.75, 3.05) is 5.32 Å². The summed E-state index contributed by atoms with van der Waals surface area (Å²) < 4.78 is 37.1. The van der Waals surface area contributed by atoms with Gasteiger partial charge in [-0.15, -0.1) is 0 Å². The highest BCUT2D eigenvalue weighted by Gasteiger charge is 2.15. The SMILES string of the molecule is CC(C)Oc1cc(CNc2ncccc2C(=O)NCc2ccc(F)c(F)c2)cc(OB(O)O)c1. The molecule has 1 aromatic heterocycles. The van der Waals surface area contributed by atoms with E-state index in [9.17, 15) is 13.6 Å². The lowest BCUT2D eigenvalue weighted by molar-refractivity contribution is 0.0951. The largest absolute Gasteiger partial charge is 0.707 e. The van der Waals surface area contributed by atoms with Crippen molar-refractivity contribution in [2.24, 2.45) is 0 Å². The molecule has 0 aliphatic heterocycles. The minimum atomic E-state index is -1.99. The van der Waals surface area contributed by atoms with Gasteiger partial charge in [-0.25, -0.2) is 13.8 Å². The first-order chi connectivity index (χ1) is 16.2. The Bertz CT molecular complexity index is 1120. The number of carbonyl (C=O) groups excluding carboxylic acids is 1. The van der Waals surface area contributed by atoms with Crippen LogP contribution in [-0.2, 0) is 13.1 Å². The maximum atomic E-state index is 13.4. The fourth-order valence-electron chi connectivity index (χ4n) is 3.11. The average molecular weight is 471 g/mol. The standard InChI is InChI=1S/C23H24BF2N3O5/c1-14(2)33-17-8-16(9-18(11-17)34-24(31)32)13-28-22-19(4-3-7-27-22)23(30)29-12-15-5-6-20(25)21(26)10-15/h3-11,14,31-32H,12-13H2,1-2H3,(H,27,28)(H,29,30). The third kappa shape index (κ3) is 7.16. The van der Waals surface area contributed by atoms with E-state index >= 15 is 0 Å². The van der Waals surface area contributed by atoms with Crippen LogP contribution >= 0.6 is 0 Å². The van der Waals surface area contributed by atoms with Gasteiger partial charge in [0.2, 0.25) is 0 Å². The number of hydrogen-bond donors (Lipinski definition) is 4. The summed E-state index contributed by atoms with van der Waals surface area (Å²) >= 11 is 0. The Kier molecular flexibility index (Phi) is 8.39. The van der Waals surface area contributed by atoms with Crippen LogP contribution in [-0.4, -0.2) is 34.4 Å². The van der Waals surface area contributed by atoms with Crippen molar-refractivity contribution in [1.29, 1.82) is 0 Å². The van der Waals surface area contributed by atoms with E-state index in [2.05, 4.69) is 15.6 Å². The fraction of sp³-hybridized carbons (Fsp3) is 0.217. The van der Waals surface area contributed by atoms with E-state index in [-0.39, 0.29) is 30.5 Å². The number of anilines is 1. The highest BCUT2D eigenvalue weighted by Crippen LogP contribution is 2.25. The summed E-state index contributed by atoms with van der Waals surface area (Å²) in [4.78, 5) is 16.9. The van der Waals surface area contributed by atoms with Crippen LogP contribution in [0.4, 0.5) is 14.6 Å². The van der Waals surface area contributed by atoms with Crippen LogP contribution in [0.15, 0.2) is 54.7 Å². The minimum absolute atomic E-state index is 0.00311. The van der Waals surface area contributed by atoms with Gasteiger partial charge in [0, 0.05) is 25.4 Å². The Morgan fingerprint density at radius 1 is 1.03 bits per heavy atom. The lowest BCUT2D eigenvalue weighted by atomic mass is 10.1. The summed E-state index contributed by atoms with van der Waals surface area (Å²) in [6.45, 7) is 3.92. The first-order valence-corrected chi connectivity index (χ1v) is 10.5. The van der Waals surface area contributed by atoms with Crippen LogP contribution in [0.3, 0.4) is 0 Å². The molecule has 11 heteroatoms. The lowest BCUT2D eigenvalue weighted by Crippen LogP contribution is -2.24.